The van der Waals surface area contributed by atoms with Crippen LogP contribution >= 0.6 is 11.8 Å². The number of ketones is 1. The molecule has 1 fully saturated rings. The Morgan fingerprint density at radius 2 is 2.27 bits per heavy atom. The van der Waals surface area contributed by atoms with Gasteiger partial charge in [0.25, 0.3) is 0 Å². The van der Waals surface area contributed by atoms with Crippen LogP contribution in [0.15, 0.2) is 0 Å². The lowest BCUT2D eigenvalue weighted by Gasteiger charge is -2.20. The number of hydrogen-bond acceptors (Lipinski definition) is 5. The average Bonchev–Trinajstić information content (AvgIpc) is 2.57. The van der Waals surface area contributed by atoms with Crippen LogP contribution in [0.25, 0.3) is 0 Å². The van der Waals surface area contributed by atoms with Gasteiger partial charge in [-0.2, -0.15) is 0 Å². The van der Waals surface area contributed by atoms with Crippen LogP contribution in [0, 0.1) is 0 Å². The van der Waals surface area contributed by atoms with E-state index in [0.29, 0.717) is 5.75 Å². The van der Waals surface area contributed by atoms with Crippen molar-refractivity contribution in [1.82, 2.24) is 0 Å². The first-order valence-electron chi connectivity index (χ1n) is 4.50. The molecular weight excluding hydrogens is 220 g/mol. The molecule has 0 aromatic carbocycles. The largest absolute Gasteiger partial charge is 0.480 e. The first kappa shape index (κ1) is 12.0. The molecule has 1 aliphatic rings. The summed E-state index contributed by atoms with van der Waals surface area (Å²) in [5.74, 6) is -1.44. The molecular formula is C9H12O5S. The third-order valence-corrected chi connectivity index (χ3v) is 3.89. The smallest absolute Gasteiger partial charge is 0.327 e. The number of Topliss-reactive ketones (excluding diaryl/α,β-unsaturated/α-hetero) is 1. The second kappa shape index (κ2) is 4.65. The lowest BCUT2D eigenvalue weighted by molar-refractivity contribution is -0.144. The van der Waals surface area contributed by atoms with Crippen LogP contribution in [0.3, 0.4) is 0 Å². The Morgan fingerprint density at radius 1 is 1.60 bits per heavy atom. The number of thioether (sulfide) groups is 1. The van der Waals surface area contributed by atoms with Crippen molar-refractivity contribution in [3.05, 3.63) is 0 Å². The Hall–Kier alpha value is -1.04. The molecule has 6 heteroatoms. The zero-order chi connectivity index (χ0) is 11.5. The molecule has 5 nitrogen and oxygen atoms in total. The van der Waals surface area contributed by atoms with Crippen molar-refractivity contribution in [2.75, 3.05) is 12.9 Å². The summed E-state index contributed by atoms with van der Waals surface area (Å²) in [5.41, 5.74) is 0. The van der Waals surface area contributed by atoms with Gasteiger partial charge in [0.05, 0.1) is 7.11 Å². The number of carboxylic acid groups (broad SMARTS) is 1. The summed E-state index contributed by atoms with van der Waals surface area (Å²) >= 11 is 1.10. The Kier molecular flexibility index (Phi) is 3.73. The van der Waals surface area contributed by atoms with Crippen molar-refractivity contribution >= 4 is 29.5 Å². The standard InChI is InChI=1S/C9H12O5S/c1-14-7(11)2-4-9(8(12)13)6(10)3-5-15-9/h2-5H2,1H3,(H,12,13)/t9-/m0/s1. The fourth-order valence-electron chi connectivity index (χ4n) is 1.48. The summed E-state index contributed by atoms with van der Waals surface area (Å²) in [6, 6.07) is 0. The minimum Gasteiger partial charge on any atom is -0.480 e. The average molecular weight is 232 g/mol. The van der Waals surface area contributed by atoms with Gasteiger partial charge >= 0.3 is 11.9 Å². The molecule has 0 aliphatic carbocycles. The van der Waals surface area contributed by atoms with E-state index in [2.05, 4.69) is 4.74 Å². The maximum Gasteiger partial charge on any atom is 0.327 e. The van der Waals surface area contributed by atoms with E-state index in [0.717, 1.165) is 11.8 Å². The van der Waals surface area contributed by atoms with Gasteiger partial charge in [-0.25, -0.2) is 0 Å². The topological polar surface area (TPSA) is 80.7 Å². The van der Waals surface area contributed by atoms with Gasteiger partial charge in [-0.15, -0.1) is 11.8 Å². The third kappa shape index (κ3) is 2.31. The van der Waals surface area contributed by atoms with Gasteiger partial charge in [0.15, 0.2) is 10.5 Å². The highest BCUT2D eigenvalue weighted by Crippen LogP contribution is 2.39. The molecule has 0 amide bonds. The predicted molar refractivity (Wildman–Crippen MR) is 53.7 cm³/mol. The van der Waals surface area contributed by atoms with Crippen LogP contribution < -0.4 is 0 Å². The fourth-order valence-corrected chi connectivity index (χ4v) is 2.75. The number of rotatable bonds is 4. The summed E-state index contributed by atoms with van der Waals surface area (Å²) in [6.07, 6.45) is 0.234. The number of aliphatic carboxylic acids is 1. The van der Waals surface area contributed by atoms with Gasteiger partial charge < -0.3 is 9.84 Å². The van der Waals surface area contributed by atoms with E-state index in [9.17, 15) is 14.4 Å². The number of carbonyl (C=O) groups excluding carboxylic acids is 2. The summed E-state index contributed by atoms with van der Waals surface area (Å²) in [7, 11) is 1.24. The lowest BCUT2D eigenvalue weighted by atomic mass is 9.96. The monoisotopic (exact) mass is 232 g/mol. The maximum absolute atomic E-state index is 11.5. The van der Waals surface area contributed by atoms with E-state index in [1.54, 1.807) is 0 Å². The summed E-state index contributed by atoms with van der Waals surface area (Å²) in [6.45, 7) is 0. The van der Waals surface area contributed by atoms with E-state index < -0.39 is 16.7 Å². The normalized spacial score (nSPS) is 25.3. The molecule has 0 unspecified atom stereocenters. The second-order valence-corrected chi connectivity index (χ2v) is 4.62. The molecule has 0 saturated carbocycles. The highest BCUT2D eigenvalue weighted by atomic mass is 32.2. The van der Waals surface area contributed by atoms with Crippen molar-refractivity contribution in [3.8, 4) is 0 Å². The van der Waals surface area contributed by atoms with Crippen LogP contribution in [-0.4, -0.2) is 40.4 Å². The number of carboxylic acids is 1. The molecule has 0 aromatic heterocycles. The number of methoxy groups -OCH3 is 1. The van der Waals surface area contributed by atoms with Crippen LogP contribution in [0.2, 0.25) is 0 Å². The van der Waals surface area contributed by atoms with Gasteiger partial charge in [-0.1, -0.05) is 0 Å². The van der Waals surface area contributed by atoms with E-state index >= 15 is 0 Å². The second-order valence-electron chi connectivity index (χ2n) is 3.23. The Labute approximate surface area is 91.2 Å². The molecule has 1 aliphatic heterocycles. The molecule has 84 valence electrons. The van der Waals surface area contributed by atoms with Crippen LogP contribution in [0.5, 0.6) is 0 Å². The van der Waals surface area contributed by atoms with Crippen LogP contribution in [-0.2, 0) is 19.1 Å². The molecule has 0 aromatic rings. The van der Waals surface area contributed by atoms with Gasteiger partial charge in [-0.3, -0.25) is 14.4 Å². The molecule has 1 heterocycles. The number of carbonyl (C=O) groups is 3. The quantitative estimate of drug-likeness (QED) is 0.560. The highest BCUT2D eigenvalue weighted by molar-refractivity contribution is 8.02. The number of hydrogen-bond donors (Lipinski definition) is 1. The molecule has 15 heavy (non-hydrogen) atoms. The predicted octanol–water partition coefficient (Wildman–Crippen LogP) is 0.469. The Bertz CT molecular complexity index is 301. The van der Waals surface area contributed by atoms with E-state index in [-0.39, 0.29) is 25.0 Å². The van der Waals surface area contributed by atoms with Gasteiger partial charge in [0.2, 0.25) is 0 Å². The van der Waals surface area contributed by atoms with Gasteiger partial charge in [0, 0.05) is 18.6 Å². The highest BCUT2D eigenvalue weighted by Gasteiger charge is 2.49. The van der Waals surface area contributed by atoms with Crippen LogP contribution in [0.4, 0.5) is 0 Å². The van der Waals surface area contributed by atoms with Crippen molar-refractivity contribution in [2.45, 2.75) is 24.0 Å². The minimum absolute atomic E-state index is 0.0124. The maximum atomic E-state index is 11.5. The molecule has 0 spiro atoms. The Balaban J connectivity index is 2.71. The molecule has 1 N–H and O–H groups in total. The summed E-state index contributed by atoms with van der Waals surface area (Å²) in [5, 5.41) is 9.03. The molecule has 1 atom stereocenters. The first-order valence-corrected chi connectivity index (χ1v) is 5.49. The third-order valence-electron chi connectivity index (χ3n) is 2.38. The minimum atomic E-state index is -1.42. The van der Waals surface area contributed by atoms with Crippen molar-refractivity contribution < 1.29 is 24.2 Å². The molecule has 1 rings (SSSR count). The zero-order valence-electron chi connectivity index (χ0n) is 8.32. The fraction of sp³-hybridized carbons (Fsp3) is 0.667. The zero-order valence-corrected chi connectivity index (χ0v) is 9.13. The lowest BCUT2D eigenvalue weighted by Crippen LogP contribution is -2.40. The van der Waals surface area contributed by atoms with E-state index in [1.807, 2.05) is 0 Å². The Morgan fingerprint density at radius 3 is 2.67 bits per heavy atom. The molecule has 1 saturated heterocycles. The first-order chi connectivity index (χ1) is 7.03. The summed E-state index contributed by atoms with van der Waals surface area (Å²) in [4.78, 5) is 33.4. The van der Waals surface area contributed by atoms with E-state index in [4.69, 9.17) is 5.11 Å². The molecule has 0 bridgehead atoms. The van der Waals surface area contributed by atoms with Crippen molar-refractivity contribution in [1.29, 1.82) is 0 Å². The van der Waals surface area contributed by atoms with E-state index in [1.165, 1.54) is 7.11 Å². The SMILES string of the molecule is COC(=O)CC[C@]1(C(=O)O)SCCC1=O. The van der Waals surface area contributed by atoms with Gasteiger partial charge in [-0.05, 0) is 6.42 Å². The summed E-state index contributed by atoms with van der Waals surface area (Å²) < 4.78 is 3.00. The van der Waals surface area contributed by atoms with Crippen molar-refractivity contribution in [2.24, 2.45) is 0 Å². The van der Waals surface area contributed by atoms with Crippen LogP contribution in [0.1, 0.15) is 19.3 Å². The van der Waals surface area contributed by atoms with Crippen molar-refractivity contribution in [3.63, 3.8) is 0 Å². The number of esters is 1. The van der Waals surface area contributed by atoms with Gasteiger partial charge in [0.1, 0.15) is 0 Å². The molecule has 0 radical (unpaired) electrons. The number of ether oxygens (including phenoxy) is 1.